The van der Waals surface area contributed by atoms with Gasteiger partial charge in [-0.3, -0.25) is 0 Å². The number of aliphatic carboxylic acids is 1. The van der Waals surface area contributed by atoms with Gasteiger partial charge < -0.3 is 23.7 Å². The van der Waals surface area contributed by atoms with Crippen LogP contribution in [0.15, 0.2) is 16.5 Å². The van der Waals surface area contributed by atoms with Crippen LogP contribution in [0.3, 0.4) is 0 Å². The minimum Gasteiger partial charge on any atom is -0.481 e. The topological polar surface area (TPSA) is 117 Å². The molecule has 0 fully saturated rings. The lowest BCUT2D eigenvalue weighted by atomic mass is 10.1. The number of carbonyl (C=O) groups is 1. The molecule has 1 N–H and O–H groups in total. The number of aryl methyl sites for hydroxylation is 2. The van der Waals surface area contributed by atoms with Crippen molar-refractivity contribution in [2.45, 2.75) is 41.0 Å². The summed E-state index contributed by atoms with van der Waals surface area (Å²) in [5.74, 6) is 0.476. The van der Waals surface area contributed by atoms with Gasteiger partial charge in [-0.25, -0.2) is 9.78 Å². The fourth-order valence-electron chi connectivity index (χ4n) is 2.94. The first-order valence-corrected chi connectivity index (χ1v) is 10.2. The largest absolute Gasteiger partial charge is 0.481 e. The molecule has 0 atom stereocenters. The van der Waals surface area contributed by atoms with E-state index in [1.165, 1.54) is 0 Å². The number of aromatic nitrogens is 3. The number of carboxylic acids is 1. The van der Waals surface area contributed by atoms with Crippen LogP contribution in [0.4, 0.5) is 0 Å². The number of fused-ring (bicyclic) bond motifs is 1. The predicted octanol–water partition coefficient (Wildman–Crippen LogP) is 4.19. The summed E-state index contributed by atoms with van der Waals surface area (Å²) < 4.78 is 22.7. The van der Waals surface area contributed by atoms with Gasteiger partial charge in [-0.2, -0.15) is 9.97 Å². The van der Waals surface area contributed by atoms with Crippen molar-refractivity contribution in [1.82, 2.24) is 15.0 Å². The quantitative estimate of drug-likeness (QED) is 0.506. The number of hydrogen-bond donors (Lipinski definition) is 1. The molecule has 0 aliphatic carbocycles. The molecule has 166 valence electrons. The van der Waals surface area contributed by atoms with E-state index in [2.05, 4.69) is 15.0 Å². The number of benzene rings is 1. The van der Waals surface area contributed by atoms with Crippen LogP contribution in [-0.2, 0) is 4.79 Å². The number of carboxylic acid groups (broad SMARTS) is 1. The first-order chi connectivity index (χ1) is 14.8. The minimum atomic E-state index is -1.03. The summed E-state index contributed by atoms with van der Waals surface area (Å²) in [5, 5.41) is 8.86. The van der Waals surface area contributed by atoms with Gasteiger partial charge in [0, 0.05) is 5.56 Å². The molecule has 0 saturated carbocycles. The second-order valence-electron chi connectivity index (χ2n) is 7.66. The smallest absolute Gasteiger partial charge is 0.341 e. The molecule has 0 saturated heterocycles. The van der Waals surface area contributed by atoms with E-state index in [4.69, 9.17) is 23.7 Å². The van der Waals surface area contributed by atoms with E-state index in [0.717, 1.165) is 17.5 Å². The van der Waals surface area contributed by atoms with Crippen LogP contribution < -0.4 is 14.2 Å². The normalized spacial score (nSPS) is 11.2. The number of oxazole rings is 1. The first kappa shape index (κ1) is 22.3. The molecule has 0 aliphatic rings. The molecule has 0 amide bonds. The predicted molar refractivity (Wildman–Crippen MR) is 114 cm³/mol. The van der Waals surface area contributed by atoms with Crippen LogP contribution >= 0.6 is 0 Å². The van der Waals surface area contributed by atoms with Crippen molar-refractivity contribution in [3.63, 3.8) is 0 Å². The van der Waals surface area contributed by atoms with Crippen LogP contribution in [0.5, 0.6) is 17.6 Å². The maximum atomic E-state index is 10.8. The molecule has 9 heteroatoms. The Hall–Kier alpha value is -3.36. The van der Waals surface area contributed by atoms with E-state index in [-0.39, 0.29) is 11.7 Å². The monoisotopic (exact) mass is 429 g/mol. The van der Waals surface area contributed by atoms with Gasteiger partial charge >= 0.3 is 12.0 Å². The highest BCUT2D eigenvalue weighted by atomic mass is 16.5. The molecule has 31 heavy (non-hydrogen) atoms. The maximum Gasteiger partial charge on any atom is 0.341 e. The van der Waals surface area contributed by atoms with Crippen LogP contribution in [-0.4, -0.2) is 45.8 Å². The van der Waals surface area contributed by atoms with Crippen LogP contribution in [0, 0.1) is 19.8 Å². The third-order valence-electron chi connectivity index (χ3n) is 4.24. The van der Waals surface area contributed by atoms with Crippen LogP contribution in [0.2, 0.25) is 0 Å². The Morgan fingerprint density at radius 1 is 1.10 bits per heavy atom. The molecule has 9 nitrogen and oxygen atoms in total. The summed E-state index contributed by atoms with van der Waals surface area (Å²) in [6, 6.07) is 3.83. The maximum absolute atomic E-state index is 10.8. The van der Waals surface area contributed by atoms with Crippen LogP contribution in [0.25, 0.3) is 22.7 Å². The second kappa shape index (κ2) is 9.63. The third kappa shape index (κ3) is 5.42. The first-order valence-electron chi connectivity index (χ1n) is 10.2. The van der Waals surface area contributed by atoms with Crippen molar-refractivity contribution in [1.29, 1.82) is 0 Å². The molecule has 3 aromatic rings. The molecule has 0 bridgehead atoms. The molecule has 0 radical (unpaired) electrons. The van der Waals surface area contributed by atoms with Crippen molar-refractivity contribution < 1.29 is 28.5 Å². The van der Waals surface area contributed by atoms with E-state index in [0.29, 0.717) is 47.7 Å². The summed E-state index contributed by atoms with van der Waals surface area (Å²) >= 11 is 0. The Labute approximate surface area is 180 Å². The fraction of sp³-hybridized carbons (Fsp3) is 0.455. The van der Waals surface area contributed by atoms with Gasteiger partial charge in [0.1, 0.15) is 5.75 Å². The van der Waals surface area contributed by atoms with Crippen molar-refractivity contribution in [2.75, 3.05) is 19.8 Å². The molecular weight excluding hydrogens is 402 g/mol. The summed E-state index contributed by atoms with van der Waals surface area (Å²) in [5.41, 5.74) is 2.95. The Morgan fingerprint density at radius 2 is 1.81 bits per heavy atom. The van der Waals surface area contributed by atoms with E-state index in [1.807, 2.05) is 46.8 Å². The zero-order valence-electron chi connectivity index (χ0n) is 18.4. The summed E-state index contributed by atoms with van der Waals surface area (Å²) in [6.07, 6.45) is 0.814. The number of hydrogen-bond acceptors (Lipinski definition) is 8. The van der Waals surface area contributed by atoms with Gasteiger partial charge in [-0.1, -0.05) is 20.8 Å². The molecule has 0 aliphatic heterocycles. The zero-order chi connectivity index (χ0) is 22.5. The number of ether oxygens (including phenoxy) is 3. The lowest BCUT2D eigenvalue weighted by Gasteiger charge is -2.11. The molecule has 1 aromatic carbocycles. The number of rotatable bonds is 10. The summed E-state index contributed by atoms with van der Waals surface area (Å²) in [7, 11) is 0. The van der Waals surface area contributed by atoms with Crippen LogP contribution in [0.1, 0.15) is 38.3 Å². The molecular formula is C22H27N3O6. The second-order valence-corrected chi connectivity index (χ2v) is 7.66. The average molecular weight is 429 g/mol. The Balaban J connectivity index is 1.99. The Bertz CT molecular complexity index is 1050. The molecule has 2 heterocycles. The number of nitrogens with zero attached hydrogens (tertiary/aromatic N) is 3. The van der Waals surface area contributed by atoms with E-state index in [1.54, 1.807) is 0 Å². The van der Waals surface area contributed by atoms with Crippen molar-refractivity contribution in [3.05, 3.63) is 23.3 Å². The van der Waals surface area contributed by atoms with Crippen molar-refractivity contribution in [3.8, 4) is 29.1 Å². The van der Waals surface area contributed by atoms with Gasteiger partial charge in [-0.15, -0.1) is 0 Å². The summed E-state index contributed by atoms with van der Waals surface area (Å²) in [6.45, 7) is 10.3. The van der Waals surface area contributed by atoms with E-state index < -0.39 is 12.6 Å². The Morgan fingerprint density at radius 3 is 2.42 bits per heavy atom. The lowest BCUT2D eigenvalue weighted by molar-refractivity contribution is -0.139. The van der Waals surface area contributed by atoms with Gasteiger partial charge in [0.15, 0.2) is 12.1 Å². The summed E-state index contributed by atoms with van der Waals surface area (Å²) in [4.78, 5) is 24.1. The lowest BCUT2D eigenvalue weighted by Crippen LogP contribution is -2.10. The van der Waals surface area contributed by atoms with E-state index >= 15 is 0 Å². The third-order valence-corrected chi connectivity index (χ3v) is 4.24. The van der Waals surface area contributed by atoms with Gasteiger partial charge in [0.25, 0.3) is 11.6 Å². The van der Waals surface area contributed by atoms with Crippen molar-refractivity contribution >= 4 is 17.2 Å². The van der Waals surface area contributed by atoms with Gasteiger partial charge in [0.2, 0.25) is 5.89 Å². The van der Waals surface area contributed by atoms with Crippen molar-refractivity contribution in [2.24, 2.45) is 5.92 Å². The molecule has 3 rings (SSSR count). The SMILES string of the molecule is CCCOc1nc(OCC(C)C)nc2oc(-c3cc(C)c(OCC(=O)O)c(C)c3)nc12. The standard InChI is InChI=1S/C22H27N3O6/c1-6-7-28-20-17-21(25-22(24-20)30-10-12(2)3)31-19(23-17)15-8-13(4)18(14(5)9-15)29-11-16(26)27/h8-9,12H,6-7,10-11H2,1-5H3,(H,26,27). The molecule has 2 aromatic heterocycles. The van der Waals surface area contributed by atoms with E-state index in [9.17, 15) is 4.79 Å². The Kier molecular flexibility index (Phi) is 6.94. The van der Waals surface area contributed by atoms with Gasteiger partial charge in [-0.05, 0) is 49.4 Å². The van der Waals surface area contributed by atoms with Gasteiger partial charge in [0.05, 0.1) is 13.2 Å². The average Bonchev–Trinajstić information content (AvgIpc) is 3.14. The highest BCUT2D eigenvalue weighted by molar-refractivity contribution is 5.78. The highest BCUT2D eigenvalue weighted by Gasteiger charge is 2.20. The fourth-order valence-corrected chi connectivity index (χ4v) is 2.94. The molecule has 0 unspecified atom stereocenters. The molecule has 0 spiro atoms. The highest BCUT2D eigenvalue weighted by Crippen LogP contribution is 2.33. The zero-order valence-corrected chi connectivity index (χ0v) is 18.4. The minimum absolute atomic E-state index is 0.180.